The highest BCUT2D eigenvalue weighted by atomic mass is 16.6. The van der Waals surface area contributed by atoms with Crippen LogP contribution in [-0.4, -0.2) is 37.2 Å². The number of carbonyl (C=O) groups excluding carboxylic acids is 3. The van der Waals surface area contributed by atoms with Crippen molar-refractivity contribution in [3.05, 3.63) is 0 Å². The summed E-state index contributed by atoms with van der Waals surface area (Å²) in [5.74, 6) is 0.870. The average Bonchev–Trinajstić information content (AvgIpc) is 3.27. The molecule has 0 N–H and O–H groups in total. The predicted octanol–water partition coefficient (Wildman–Crippen LogP) is 18.5. The molecule has 0 saturated carbocycles. The van der Waals surface area contributed by atoms with Crippen molar-refractivity contribution in [1.29, 1.82) is 0 Å². The van der Waals surface area contributed by atoms with Gasteiger partial charge in [-0.05, 0) is 31.1 Å². The van der Waals surface area contributed by atoms with E-state index in [9.17, 15) is 14.4 Å². The van der Waals surface area contributed by atoms with E-state index in [-0.39, 0.29) is 31.1 Å². The monoisotopic (exact) mass is 891 g/mol. The molecule has 0 rings (SSSR count). The minimum absolute atomic E-state index is 0.0630. The normalized spacial score (nSPS) is 12.5. The third-order valence-electron chi connectivity index (χ3n) is 13.3. The maximum Gasteiger partial charge on any atom is 0.306 e. The lowest BCUT2D eigenvalue weighted by Gasteiger charge is -2.18. The van der Waals surface area contributed by atoms with Crippen molar-refractivity contribution in [1.82, 2.24) is 0 Å². The highest BCUT2D eigenvalue weighted by Crippen LogP contribution is 2.18. The molecule has 6 heteroatoms. The van der Waals surface area contributed by atoms with Crippen molar-refractivity contribution < 1.29 is 28.6 Å². The Hall–Kier alpha value is -1.59. The van der Waals surface area contributed by atoms with Crippen LogP contribution in [0.1, 0.15) is 317 Å². The van der Waals surface area contributed by atoms with Gasteiger partial charge in [-0.1, -0.05) is 279 Å². The molecule has 0 spiro atoms. The van der Waals surface area contributed by atoms with Crippen LogP contribution in [0.5, 0.6) is 0 Å². The van der Waals surface area contributed by atoms with Gasteiger partial charge >= 0.3 is 17.9 Å². The zero-order valence-corrected chi connectivity index (χ0v) is 43.2. The second-order valence-electron chi connectivity index (χ2n) is 20.3. The minimum Gasteiger partial charge on any atom is -0.462 e. The van der Waals surface area contributed by atoms with E-state index in [1.165, 1.54) is 205 Å². The molecule has 0 aromatic rings. The molecule has 0 heterocycles. The van der Waals surface area contributed by atoms with Gasteiger partial charge in [0.2, 0.25) is 0 Å². The van der Waals surface area contributed by atoms with Crippen LogP contribution in [0.25, 0.3) is 0 Å². The first-order valence-corrected chi connectivity index (χ1v) is 28.3. The molecule has 0 aromatic carbocycles. The summed E-state index contributed by atoms with van der Waals surface area (Å²) in [6.45, 7) is 11.4. The van der Waals surface area contributed by atoms with Gasteiger partial charge in [-0.2, -0.15) is 0 Å². The first kappa shape index (κ1) is 61.4. The van der Waals surface area contributed by atoms with Crippen LogP contribution >= 0.6 is 0 Å². The van der Waals surface area contributed by atoms with Gasteiger partial charge in [0.05, 0.1) is 0 Å². The molecule has 0 aromatic heterocycles. The fourth-order valence-corrected chi connectivity index (χ4v) is 8.66. The molecule has 0 saturated heterocycles. The van der Waals surface area contributed by atoms with E-state index in [1.807, 2.05) is 0 Å². The maximum atomic E-state index is 12.8. The summed E-state index contributed by atoms with van der Waals surface area (Å²) in [4.78, 5) is 38.1. The summed E-state index contributed by atoms with van der Waals surface area (Å²) >= 11 is 0. The van der Waals surface area contributed by atoms with Gasteiger partial charge in [-0.15, -0.1) is 0 Å². The number of hydrogen-bond acceptors (Lipinski definition) is 6. The first-order valence-electron chi connectivity index (χ1n) is 28.3. The van der Waals surface area contributed by atoms with E-state index in [0.29, 0.717) is 19.3 Å². The maximum absolute atomic E-state index is 12.8. The predicted molar refractivity (Wildman–Crippen MR) is 270 cm³/mol. The Morgan fingerprint density at radius 1 is 0.333 bits per heavy atom. The first-order chi connectivity index (χ1) is 30.8. The van der Waals surface area contributed by atoms with Gasteiger partial charge in [0.1, 0.15) is 13.2 Å². The summed E-state index contributed by atoms with van der Waals surface area (Å²) in [7, 11) is 0. The van der Waals surface area contributed by atoms with Gasteiger partial charge in [-0.3, -0.25) is 14.4 Å². The third-order valence-corrected chi connectivity index (χ3v) is 13.3. The molecule has 0 aliphatic carbocycles. The Labute approximate surface area is 393 Å². The number of ether oxygens (including phenoxy) is 3. The molecule has 1 unspecified atom stereocenters. The summed E-state index contributed by atoms with van der Waals surface area (Å²) in [5, 5.41) is 0. The van der Waals surface area contributed by atoms with E-state index >= 15 is 0 Å². The number of rotatable bonds is 51. The third kappa shape index (κ3) is 49.7. The molecule has 0 fully saturated rings. The van der Waals surface area contributed by atoms with Crippen molar-refractivity contribution in [3.8, 4) is 0 Å². The van der Waals surface area contributed by atoms with Gasteiger partial charge in [0.15, 0.2) is 6.10 Å². The second kappa shape index (κ2) is 49.8. The molecule has 0 radical (unpaired) electrons. The Balaban J connectivity index is 4.29. The van der Waals surface area contributed by atoms with Gasteiger partial charge < -0.3 is 14.2 Å². The molecule has 0 amide bonds. The topological polar surface area (TPSA) is 78.9 Å². The van der Waals surface area contributed by atoms with E-state index in [0.717, 1.165) is 69.6 Å². The Kier molecular flexibility index (Phi) is 48.6. The summed E-state index contributed by atoms with van der Waals surface area (Å²) < 4.78 is 16.9. The average molecular weight is 892 g/mol. The van der Waals surface area contributed by atoms with Crippen molar-refractivity contribution in [3.63, 3.8) is 0 Å². The molecule has 6 nitrogen and oxygen atoms in total. The number of hydrogen-bond donors (Lipinski definition) is 0. The van der Waals surface area contributed by atoms with Crippen LogP contribution in [0.2, 0.25) is 0 Å². The molecular formula is C57H110O6. The molecule has 0 bridgehead atoms. The lowest BCUT2D eigenvalue weighted by atomic mass is 9.99. The number of unbranched alkanes of at least 4 members (excludes halogenated alkanes) is 35. The molecule has 63 heavy (non-hydrogen) atoms. The van der Waals surface area contributed by atoms with Crippen molar-refractivity contribution >= 4 is 17.9 Å². The standard InChI is InChI=1S/C57H110O6/c1-6-8-9-10-11-12-13-14-18-21-27-32-37-42-47-55(58)61-50-54(63-57(60)49-44-39-34-29-24-23-25-30-35-40-45-52(3)4)51-62-56(59)48-43-38-33-28-22-19-16-15-17-20-26-31-36-41-46-53(5)7-2/h52-54H,6-51H2,1-5H3/t53?,54-/m1/s1. The quantitative estimate of drug-likeness (QED) is 0.0344. The van der Waals surface area contributed by atoms with Gasteiger partial charge in [0, 0.05) is 19.3 Å². The van der Waals surface area contributed by atoms with Gasteiger partial charge in [-0.25, -0.2) is 0 Å². The SMILES string of the molecule is CCCCCCCCCCCCCCCCC(=O)OC[C@H](COC(=O)CCCCCCCCCCCCCCCCC(C)CC)OC(=O)CCCCCCCCCCCCC(C)C. The van der Waals surface area contributed by atoms with Crippen molar-refractivity contribution in [2.75, 3.05) is 13.2 Å². The van der Waals surface area contributed by atoms with Crippen LogP contribution in [0.4, 0.5) is 0 Å². The summed E-state index contributed by atoms with van der Waals surface area (Å²) in [5.41, 5.74) is 0. The van der Waals surface area contributed by atoms with E-state index in [1.54, 1.807) is 0 Å². The Morgan fingerprint density at radius 3 is 0.905 bits per heavy atom. The fraction of sp³-hybridized carbons (Fsp3) is 0.947. The second-order valence-corrected chi connectivity index (χ2v) is 20.3. The highest BCUT2D eigenvalue weighted by molar-refractivity contribution is 5.71. The van der Waals surface area contributed by atoms with E-state index < -0.39 is 6.10 Å². The lowest BCUT2D eigenvalue weighted by Crippen LogP contribution is -2.30. The van der Waals surface area contributed by atoms with Crippen molar-refractivity contribution in [2.45, 2.75) is 323 Å². The Morgan fingerprint density at radius 2 is 0.603 bits per heavy atom. The van der Waals surface area contributed by atoms with Gasteiger partial charge in [0.25, 0.3) is 0 Å². The summed E-state index contributed by atoms with van der Waals surface area (Å²) in [6.07, 6.45) is 52.3. The van der Waals surface area contributed by atoms with Crippen LogP contribution < -0.4 is 0 Å². The molecule has 2 atom stereocenters. The van der Waals surface area contributed by atoms with E-state index in [4.69, 9.17) is 14.2 Å². The highest BCUT2D eigenvalue weighted by Gasteiger charge is 2.19. The van der Waals surface area contributed by atoms with E-state index in [2.05, 4.69) is 34.6 Å². The summed E-state index contributed by atoms with van der Waals surface area (Å²) in [6, 6.07) is 0. The fourth-order valence-electron chi connectivity index (χ4n) is 8.66. The van der Waals surface area contributed by atoms with Crippen LogP contribution in [0.3, 0.4) is 0 Å². The van der Waals surface area contributed by atoms with Crippen LogP contribution in [0.15, 0.2) is 0 Å². The lowest BCUT2D eigenvalue weighted by molar-refractivity contribution is -0.167. The molecule has 0 aliphatic heterocycles. The largest absolute Gasteiger partial charge is 0.462 e. The number of esters is 3. The zero-order valence-electron chi connectivity index (χ0n) is 43.2. The van der Waals surface area contributed by atoms with Crippen LogP contribution in [-0.2, 0) is 28.6 Å². The smallest absolute Gasteiger partial charge is 0.306 e. The molecular weight excluding hydrogens is 781 g/mol. The minimum atomic E-state index is -0.762. The van der Waals surface area contributed by atoms with Crippen LogP contribution in [0, 0.1) is 11.8 Å². The molecule has 374 valence electrons. The number of carbonyl (C=O) groups is 3. The Bertz CT molecular complexity index is 964. The van der Waals surface area contributed by atoms with Crippen molar-refractivity contribution in [2.24, 2.45) is 11.8 Å². The zero-order chi connectivity index (χ0) is 46.1. The molecule has 0 aliphatic rings.